The number of nitrogens with zero attached hydrogens (tertiary/aromatic N) is 5. The van der Waals surface area contributed by atoms with Crippen molar-refractivity contribution in [1.29, 1.82) is 0 Å². The lowest BCUT2D eigenvalue weighted by Gasteiger charge is -2.40. The number of nitrogens with one attached hydrogen (secondary N) is 1. The van der Waals surface area contributed by atoms with Crippen LogP contribution in [-0.4, -0.2) is 57.6 Å². The number of hydrogen-bond donors (Lipinski definition) is 1. The van der Waals surface area contributed by atoms with Crippen molar-refractivity contribution in [2.75, 3.05) is 25.0 Å². The molecule has 2 fully saturated rings. The van der Waals surface area contributed by atoms with E-state index in [2.05, 4.69) is 32.4 Å². The van der Waals surface area contributed by atoms with Gasteiger partial charge in [0.05, 0.1) is 22.9 Å². The highest BCUT2D eigenvalue weighted by Gasteiger charge is 2.38. The van der Waals surface area contributed by atoms with Gasteiger partial charge in [0.2, 0.25) is 0 Å². The van der Waals surface area contributed by atoms with Crippen LogP contribution < -0.4 is 10.2 Å². The second kappa shape index (κ2) is 8.23. The van der Waals surface area contributed by atoms with E-state index in [1.54, 1.807) is 16.7 Å². The fourth-order valence-electron chi connectivity index (χ4n) is 5.05. The van der Waals surface area contributed by atoms with Crippen LogP contribution in [0, 0.1) is 5.82 Å². The third-order valence-corrected chi connectivity index (χ3v) is 6.97. The van der Waals surface area contributed by atoms with Crippen LogP contribution in [0.1, 0.15) is 47.3 Å². The molecule has 1 aromatic carbocycles. The van der Waals surface area contributed by atoms with Gasteiger partial charge in [0.1, 0.15) is 12.1 Å². The molecule has 2 aliphatic heterocycles. The number of anilines is 1. The number of hydrogen-bond acceptors (Lipinski definition) is 5. The van der Waals surface area contributed by atoms with Gasteiger partial charge in [0, 0.05) is 36.9 Å². The van der Waals surface area contributed by atoms with Crippen molar-refractivity contribution in [3.05, 3.63) is 59.3 Å². The molecular weight excluding hydrogens is 452 g/mol. The number of pyridine rings is 1. The van der Waals surface area contributed by atoms with Gasteiger partial charge in [-0.25, -0.2) is 4.39 Å². The van der Waals surface area contributed by atoms with Crippen molar-refractivity contribution in [1.82, 2.24) is 24.8 Å². The minimum Gasteiger partial charge on any atom is -0.365 e. The number of benzene rings is 1. The molecule has 2 unspecified atom stereocenters. The molecule has 0 spiro atoms. The second-order valence-corrected chi connectivity index (χ2v) is 9.03. The number of piperazine rings is 1. The Balaban J connectivity index is 1.43. The Bertz CT molecular complexity index is 1230. The Hall–Kier alpha value is -3.21. The smallest absolute Gasteiger partial charge is 0.365 e. The van der Waals surface area contributed by atoms with Gasteiger partial charge in [-0.05, 0) is 38.9 Å². The van der Waals surface area contributed by atoms with Gasteiger partial charge in [0.25, 0.3) is 5.91 Å². The molecule has 7 nitrogen and oxygen atoms in total. The summed E-state index contributed by atoms with van der Waals surface area (Å²) in [5, 5.41) is 10.8. The minimum atomic E-state index is -4.82. The lowest BCUT2D eigenvalue weighted by atomic mass is 10.0. The Labute approximate surface area is 193 Å². The molecule has 1 N–H and O–H groups in total. The van der Waals surface area contributed by atoms with Crippen molar-refractivity contribution in [2.24, 2.45) is 0 Å². The normalized spacial score (nSPS) is 21.8. The highest BCUT2D eigenvalue weighted by Crippen LogP contribution is 2.35. The van der Waals surface area contributed by atoms with E-state index in [0.717, 1.165) is 37.7 Å². The minimum absolute atomic E-state index is 0.232. The van der Waals surface area contributed by atoms with E-state index in [1.165, 1.54) is 19.3 Å². The fraction of sp³-hybridized carbons (Fsp3) is 0.435. The zero-order valence-corrected chi connectivity index (χ0v) is 18.7. The first kappa shape index (κ1) is 22.6. The fourth-order valence-corrected chi connectivity index (χ4v) is 5.05. The van der Waals surface area contributed by atoms with Crippen LogP contribution in [0.5, 0.6) is 0 Å². The van der Waals surface area contributed by atoms with Gasteiger partial charge in [-0.3, -0.25) is 14.1 Å². The molecule has 2 aliphatic rings. The van der Waals surface area contributed by atoms with Gasteiger partial charge in [-0.1, -0.05) is 12.1 Å². The number of halogens is 4. The van der Waals surface area contributed by atoms with Crippen molar-refractivity contribution < 1.29 is 22.4 Å². The molecule has 0 radical (unpaired) electrons. The van der Waals surface area contributed by atoms with Crippen LogP contribution in [0.4, 0.5) is 23.2 Å². The Morgan fingerprint density at radius 1 is 1.21 bits per heavy atom. The summed E-state index contributed by atoms with van der Waals surface area (Å²) in [6.45, 7) is 3.05. The van der Waals surface area contributed by atoms with Crippen LogP contribution in [0.15, 0.2) is 36.8 Å². The molecular formula is C23H24F4N6O. The summed E-state index contributed by atoms with van der Waals surface area (Å²) in [6.07, 6.45) is 0.464. The van der Waals surface area contributed by atoms with Crippen molar-refractivity contribution in [3.63, 3.8) is 0 Å². The topological polar surface area (TPSA) is 65.8 Å². The third kappa shape index (κ3) is 3.87. The predicted molar refractivity (Wildman–Crippen MR) is 117 cm³/mol. The first-order chi connectivity index (χ1) is 16.1. The average Bonchev–Trinajstić information content (AvgIpc) is 3.31. The number of aromatic nitrogens is 3. The monoisotopic (exact) mass is 476 g/mol. The van der Waals surface area contributed by atoms with Crippen molar-refractivity contribution in [3.8, 4) is 0 Å². The first-order valence-corrected chi connectivity index (χ1v) is 11.1. The van der Waals surface area contributed by atoms with Crippen LogP contribution >= 0.6 is 0 Å². The number of alkyl halides is 3. The molecule has 1 amide bonds. The van der Waals surface area contributed by atoms with E-state index >= 15 is 0 Å². The molecule has 3 aromatic rings. The quantitative estimate of drug-likeness (QED) is 0.583. The lowest BCUT2D eigenvalue weighted by Crippen LogP contribution is -2.52. The molecule has 5 rings (SSSR count). The van der Waals surface area contributed by atoms with Gasteiger partial charge in [-0.15, -0.1) is 10.2 Å². The zero-order valence-electron chi connectivity index (χ0n) is 18.7. The molecule has 34 heavy (non-hydrogen) atoms. The van der Waals surface area contributed by atoms with Gasteiger partial charge in [-0.2, -0.15) is 13.2 Å². The summed E-state index contributed by atoms with van der Waals surface area (Å²) in [5.74, 6) is -1.91. The van der Waals surface area contributed by atoms with Crippen molar-refractivity contribution in [2.45, 2.75) is 44.1 Å². The molecule has 2 saturated heterocycles. The van der Waals surface area contributed by atoms with Gasteiger partial charge >= 0.3 is 6.18 Å². The van der Waals surface area contributed by atoms with Gasteiger partial charge in [0.15, 0.2) is 5.65 Å². The Kier molecular flexibility index (Phi) is 5.46. The molecule has 0 aliphatic carbocycles. The molecule has 4 heterocycles. The van der Waals surface area contributed by atoms with E-state index in [9.17, 15) is 22.4 Å². The standard InChI is InChI=1S/C23H24F4N6O/c1-13(17-4-3-5-18(20(17)24)23(25,26)27)29-22(34)14-8-19(21-30-28-12-33(21)9-14)32-10-15-6-7-16(11-32)31(15)2/h3-5,8-9,12-13,15-16H,6-7,10-11H2,1-2H3,(H,29,34)/t13-,15?,16?/m1/s1. The SMILES string of the molecule is C[C@@H](NC(=O)c1cc(N2CC3CCC(C2)N3C)c2nncn2c1)c1cccc(C(F)(F)F)c1F. The number of amides is 1. The maximum absolute atomic E-state index is 14.6. The summed E-state index contributed by atoms with van der Waals surface area (Å²) < 4.78 is 55.5. The maximum Gasteiger partial charge on any atom is 0.419 e. The second-order valence-electron chi connectivity index (χ2n) is 9.03. The molecule has 2 bridgehead atoms. The summed E-state index contributed by atoms with van der Waals surface area (Å²) in [6, 6.07) is 4.64. The molecule has 0 saturated carbocycles. The average molecular weight is 476 g/mol. The predicted octanol–water partition coefficient (Wildman–Crippen LogP) is 3.66. The lowest BCUT2D eigenvalue weighted by molar-refractivity contribution is -0.140. The summed E-state index contributed by atoms with van der Waals surface area (Å²) in [4.78, 5) is 17.7. The maximum atomic E-state index is 14.6. The number of carbonyl (C=O) groups excluding carboxylic acids is 1. The number of carbonyl (C=O) groups is 1. The van der Waals surface area contributed by atoms with Gasteiger partial charge < -0.3 is 10.2 Å². The first-order valence-electron chi connectivity index (χ1n) is 11.1. The van der Waals surface area contributed by atoms with E-state index < -0.39 is 29.5 Å². The van der Waals surface area contributed by atoms with Crippen LogP contribution in [-0.2, 0) is 6.18 Å². The molecule has 11 heteroatoms. The van der Waals surface area contributed by atoms with E-state index in [4.69, 9.17) is 0 Å². The number of rotatable bonds is 4. The highest BCUT2D eigenvalue weighted by molar-refractivity contribution is 5.96. The zero-order chi connectivity index (χ0) is 24.2. The Morgan fingerprint density at radius 3 is 2.59 bits per heavy atom. The Morgan fingerprint density at radius 2 is 1.91 bits per heavy atom. The van der Waals surface area contributed by atoms with Crippen LogP contribution in [0.2, 0.25) is 0 Å². The van der Waals surface area contributed by atoms with E-state index in [1.807, 2.05) is 0 Å². The highest BCUT2D eigenvalue weighted by atomic mass is 19.4. The molecule has 2 aromatic heterocycles. The van der Waals surface area contributed by atoms with Crippen LogP contribution in [0.25, 0.3) is 5.65 Å². The summed E-state index contributed by atoms with van der Waals surface area (Å²) >= 11 is 0. The molecule has 180 valence electrons. The summed E-state index contributed by atoms with van der Waals surface area (Å²) in [5.41, 5.74) is 0.0896. The van der Waals surface area contributed by atoms with Crippen LogP contribution in [0.3, 0.4) is 0 Å². The number of fused-ring (bicyclic) bond motifs is 3. The molecule has 3 atom stereocenters. The number of likely N-dealkylation sites (N-methyl/N-ethyl adjacent to an activating group) is 1. The summed E-state index contributed by atoms with van der Waals surface area (Å²) in [7, 11) is 2.13. The van der Waals surface area contributed by atoms with E-state index in [0.29, 0.717) is 23.8 Å². The third-order valence-electron chi connectivity index (χ3n) is 6.97. The van der Waals surface area contributed by atoms with E-state index in [-0.39, 0.29) is 11.1 Å². The van der Waals surface area contributed by atoms with Crippen molar-refractivity contribution >= 4 is 17.2 Å². The largest absolute Gasteiger partial charge is 0.419 e.